The molecule has 0 saturated heterocycles. The first kappa shape index (κ1) is 17.6. The van der Waals surface area contributed by atoms with Gasteiger partial charge in [0, 0.05) is 4.47 Å². The summed E-state index contributed by atoms with van der Waals surface area (Å²) in [5.41, 5.74) is -1.72. The summed E-state index contributed by atoms with van der Waals surface area (Å²) < 4.78 is 30.7. The van der Waals surface area contributed by atoms with Crippen molar-refractivity contribution in [3.05, 3.63) is 27.7 Å². The van der Waals surface area contributed by atoms with Gasteiger partial charge in [-0.15, -0.1) is 0 Å². The van der Waals surface area contributed by atoms with Crippen molar-refractivity contribution >= 4 is 67.5 Å². The van der Waals surface area contributed by atoms with Crippen LogP contribution in [0.5, 0.6) is 0 Å². The number of hydrogen-bond acceptors (Lipinski definition) is 4. The topological polar surface area (TPSA) is 129 Å². The Labute approximate surface area is 132 Å². The first-order valence-corrected chi connectivity index (χ1v) is 6.16. The van der Waals surface area contributed by atoms with Crippen LogP contribution in [0.4, 0.5) is 0 Å². The molecule has 0 saturated carbocycles. The molecule has 0 bridgehead atoms. The van der Waals surface area contributed by atoms with Gasteiger partial charge in [-0.1, -0.05) is 0 Å². The number of benzene rings is 1. The van der Waals surface area contributed by atoms with Gasteiger partial charge in [0.2, 0.25) is 0 Å². The molecule has 1 aromatic rings. The fourth-order valence-corrected chi connectivity index (χ4v) is 2.91. The van der Waals surface area contributed by atoms with Crippen molar-refractivity contribution in [1.29, 1.82) is 0 Å². The van der Waals surface area contributed by atoms with E-state index in [2.05, 4.69) is 15.9 Å². The molecule has 0 fully saturated rings. The summed E-state index contributed by atoms with van der Waals surface area (Å²) in [7, 11) is -4.86. The molecule has 0 atom stereocenters. The zero-order valence-electron chi connectivity index (χ0n) is 7.92. The van der Waals surface area contributed by atoms with E-state index in [1.165, 1.54) is 0 Å². The van der Waals surface area contributed by atoms with E-state index < -0.39 is 38.1 Å². The van der Waals surface area contributed by atoms with Gasteiger partial charge in [-0.25, -0.2) is 9.59 Å². The third-order valence-corrected chi connectivity index (χ3v) is 3.68. The maximum atomic E-state index is 11.0. The van der Waals surface area contributed by atoms with Gasteiger partial charge in [-0.05, 0) is 28.1 Å². The van der Waals surface area contributed by atoms with E-state index in [4.69, 9.17) is 14.8 Å². The average molecular weight is 349 g/mol. The Hall–Kier alpha value is -0.450. The minimum atomic E-state index is -4.86. The van der Waals surface area contributed by atoms with Crippen molar-refractivity contribution in [2.45, 2.75) is 4.90 Å². The molecule has 94 valence electrons. The third-order valence-electron chi connectivity index (χ3n) is 1.81. The van der Waals surface area contributed by atoms with Crippen LogP contribution < -0.4 is 0 Å². The number of carboxylic acids is 2. The molecular formula is C8H6BrNaO7S. The van der Waals surface area contributed by atoms with Gasteiger partial charge in [0.25, 0.3) is 10.1 Å². The fourth-order valence-electron chi connectivity index (χ4n) is 1.20. The Morgan fingerprint density at radius 2 is 1.61 bits per heavy atom. The van der Waals surface area contributed by atoms with Crippen molar-refractivity contribution in [3.8, 4) is 0 Å². The number of carboxylic acid groups (broad SMARTS) is 2. The van der Waals surface area contributed by atoms with Crippen LogP contribution in [0.3, 0.4) is 0 Å². The summed E-state index contributed by atoms with van der Waals surface area (Å²) in [4.78, 5) is 20.7. The predicted molar refractivity (Wildman–Crippen MR) is 65.0 cm³/mol. The van der Waals surface area contributed by atoms with Crippen LogP contribution in [0.15, 0.2) is 21.5 Å². The van der Waals surface area contributed by atoms with Gasteiger partial charge in [-0.3, -0.25) is 4.55 Å². The SMILES string of the molecule is O=C(O)c1ccc(Br)c(S(=O)(=O)O)c1C(=O)O.[NaH]. The molecule has 1 rings (SSSR count). The summed E-state index contributed by atoms with van der Waals surface area (Å²) in [6.45, 7) is 0. The van der Waals surface area contributed by atoms with Crippen LogP contribution in [0, 0.1) is 0 Å². The first-order chi connectivity index (χ1) is 7.66. The summed E-state index contributed by atoms with van der Waals surface area (Å²) in [5.74, 6) is -3.38. The van der Waals surface area contributed by atoms with Gasteiger partial charge < -0.3 is 10.2 Å². The Morgan fingerprint density at radius 1 is 1.11 bits per heavy atom. The van der Waals surface area contributed by atoms with Crippen LogP contribution in [0.2, 0.25) is 0 Å². The maximum absolute atomic E-state index is 11.0. The third kappa shape index (κ3) is 3.53. The van der Waals surface area contributed by atoms with E-state index in [0.717, 1.165) is 12.1 Å². The average Bonchev–Trinajstić information content (AvgIpc) is 2.14. The fraction of sp³-hybridized carbons (Fsp3) is 0. The molecular weight excluding hydrogens is 343 g/mol. The van der Waals surface area contributed by atoms with E-state index in [1.54, 1.807) is 0 Å². The Bertz CT molecular complexity index is 610. The van der Waals surface area contributed by atoms with E-state index in [0.29, 0.717) is 0 Å². The van der Waals surface area contributed by atoms with Gasteiger partial charge in [0.05, 0.1) is 11.1 Å². The summed E-state index contributed by atoms with van der Waals surface area (Å²) in [5, 5.41) is 17.6. The molecule has 0 aliphatic carbocycles. The Morgan fingerprint density at radius 3 is 1.94 bits per heavy atom. The second kappa shape index (κ2) is 6.13. The normalized spacial score (nSPS) is 10.6. The molecule has 3 N–H and O–H groups in total. The van der Waals surface area contributed by atoms with E-state index >= 15 is 0 Å². The van der Waals surface area contributed by atoms with Crippen LogP contribution in [-0.2, 0) is 10.1 Å². The van der Waals surface area contributed by atoms with Crippen LogP contribution >= 0.6 is 15.9 Å². The first-order valence-electron chi connectivity index (χ1n) is 3.93. The second-order valence-electron chi connectivity index (χ2n) is 2.88. The molecule has 10 heteroatoms. The molecule has 0 aliphatic rings. The van der Waals surface area contributed by atoms with E-state index in [-0.39, 0.29) is 34.0 Å². The number of halogens is 1. The Kier molecular flexibility index (Phi) is 5.98. The minimum absolute atomic E-state index is 0. The summed E-state index contributed by atoms with van der Waals surface area (Å²) >= 11 is 2.74. The molecule has 1 aromatic carbocycles. The van der Waals surface area contributed by atoms with Gasteiger partial charge in [0.15, 0.2) is 0 Å². The van der Waals surface area contributed by atoms with Crippen LogP contribution in [0.25, 0.3) is 0 Å². The molecule has 0 radical (unpaired) electrons. The molecule has 0 heterocycles. The zero-order chi connectivity index (χ0) is 13.4. The second-order valence-corrected chi connectivity index (χ2v) is 5.10. The standard InChI is InChI=1S/C8H5BrO7S.Na.H/c9-4-2-1-3(7(10)11)5(8(12)13)6(4)17(14,15)16;;/h1-2H,(H,10,11)(H,12,13)(H,14,15,16);;. The molecule has 18 heavy (non-hydrogen) atoms. The molecule has 0 aliphatic heterocycles. The van der Waals surface area contributed by atoms with Crippen molar-refractivity contribution in [2.75, 3.05) is 0 Å². The number of rotatable bonds is 3. The molecule has 0 unspecified atom stereocenters. The summed E-state index contributed by atoms with van der Waals surface area (Å²) in [6, 6.07) is 1.95. The van der Waals surface area contributed by atoms with Crippen molar-refractivity contribution in [3.63, 3.8) is 0 Å². The van der Waals surface area contributed by atoms with E-state index in [1.807, 2.05) is 0 Å². The predicted octanol–water partition coefficient (Wildman–Crippen LogP) is 0.444. The number of hydrogen-bond donors (Lipinski definition) is 3. The van der Waals surface area contributed by atoms with Gasteiger partial charge in [-0.2, -0.15) is 8.42 Å². The Balaban J connectivity index is 0.00000289. The van der Waals surface area contributed by atoms with Crippen LogP contribution in [0.1, 0.15) is 20.7 Å². The molecule has 0 spiro atoms. The van der Waals surface area contributed by atoms with Gasteiger partial charge >= 0.3 is 41.5 Å². The van der Waals surface area contributed by atoms with Gasteiger partial charge in [0.1, 0.15) is 4.90 Å². The molecule has 0 aromatic heterocycles. The molecule has 0 amide bonds. The number of aromatic carboxylic acids is 2. The van der Waals surface area contributed by atoms with E-state index in [9.17, 15) is 18.0 Å². The van der Waals surface area contributed by atoms with Crippen molar-refractivity contribution in [1.82, 2.24) is 0 Å². The molecule has 7 nitrogen and oxygen atoms in total. The zero-order valence-corrected chi connectivity index (χ0v) is 10.3. The van der Waals surface area contributed by atoms with Crippen LogP contribution in [-0.4, -0.2) is 64.7 Å². The number of carbonyl (C=O) groups is 2. The quantitative estimate of drug-likeness (QED) is 0.533. The van der Waals surface area contributed by atoms with Crippen molar-refractivity contribution < 1.29 is 32.8 Å². The monoisotopic (exact) mass is 348 g/mol. The summed E-state index contributed by atoms with van der Waals surface area (Å²) in [6.07, 6.45) is 0. The van der Waals surface area contributed by atoms with Crippen molar-refractivity contribution in [2.24, 2.45) is 0 Å².